The number of hydrogen-bond acceptors (Lipinski definition) is 8. The van der Waals surface area contributed by atoms with E-state index in [1.165, 1.54) is 0 Å². The van der Waals surface area contributed by atoms with Gasteiger partial charge in [-0.1, -0.05) is 25.1 Å². The number of nitrogens with zero attached hydrogens (tertiary/aromatic N) is 3. The number of rotatable bonds is 9. The van der Waals surface area contributed by atoms with Crippen LogP contribution in [0.2, 0.25) is 0 Å². The van der Waals surface area contributed by atoms with Crippen molar-refractivity contribution in [1.82, 2.24) is 14.8 Å². The van der Waals surface area contributed by atoms with Gasteiger partial charge >= 0.3 is 11.9 Å². The highest BCUT2D eigenvalue weighted by Crippen LogP contribution is 2.35. The Kier molecular flexibility index (Phi) is 8.21. The number of ether oxygens (including phenoxy) is 2. The summed E-state index contributed by atoms with van der Waals surface area (Å²) in [6.45, 7) is 10.3. The summed E-state index contributed by atoms with van der Waals surface area (Å²) in [6.07, 6.45) is 2.55. The lowest BCUT2D eigenvalue weighted by molar-refractivity contribution is 0.0506. The van der Waals surface area contributed by atoms with Crippen molar-refractivity contribution in [1.29, 1.82) is 0 Å². The van der Waals surface area contributed by atoms with Crippen LogP contribution in [0.5, 0.6) is 0 Å². The molecule has 4 aromatic rings. The maximum atomic E-state index is 13.7. The van der Waals surface area contributed by atoms with Gasteiger partial charge in [0.05, 0.1) is 41.2 Å². The van der Waals surface area contributed by atoms with Crippen molar-refractivity contribution in [3.63, 3.8) is 0 Å². The molecule has 4 rings (SSSR count). The van der Waals surface area contributed by atoms with E-state index in [4.69, 9.17) is 14.5 Å². The summed E-state index contributed by atoms with van der Waals surface area (Å²) in [7, 11) is 0. The lowest BCUT2D eigenvalue weighted by atomic mass is 10.0. The molecule has 3 aromatic heterocycles. The number of aryl methyl sites for hydroxylation is 2. The van der Waals surface area contributed by atoms with Crippen LogP contribution in [0.25, 0.3) is 22.2 Å². The molecule has 0 aliphatic heterocycles. The first-order valence-corrected chi connectivity index (χ1v) is 13.3. The van der Waals surface area contributed by atoms with E-state index in [0.717, 1.165) is 22.6 Å². The molecule has 0 saturated carbocycles. The first-order chi connectivity index (χ1) is 18.3. The van der Waals surface area contributed by atoms with Crippen molar-refractivity contribution in [2.24, 2.45) is 0 Å². The van der Waals surface area contributed by atoms with E-state index < -0.39 is 17.8 Å². The van der Waals surface area contributed by atoms with E-state index >= 15 is 0 Å². The SMILES string of the molecule is CCCOC(=O)c1c(NC(=O)c2cc(-c3cn(CC)nc3C)nc3ccccc23)sc(C(=O)OCC)c1C. The Morgan fingerprint density at radius 3 is 2.50 bits per heavy atom. The third-order valence-corrected chi connectivity index (χ3v) is 7.17. The van der Waals surface area contributed by atoms with Crippen LogP contribution in [0.4, 0.5) is 5.00 Å². The first-order valence-electron chi connectivity index (χ1n) is 12.5. The fourth-order valence-corrected chi connectivity index (χ4v) is 5.19. The second-order valence-corrected chi connectivity index (χ2v) is 9.65. The summed E-state index contributed by atoms with van der Waals surface area (Å²) >= 11 is 0.997. The second kappa shape index (κ2) is 11.6. The van der Waals surface area contributed by atoms with Crippen LogP contribution in [-0.2, 0) is 16.0 Å². The number of nitrogens with one attached hydrogen (secondary N) is 1. The van der Waals surface area contributed by atoms with E-state index in [9.17, 15) is 14.4 Å². The van der Waals surface area contributed by atoms with Gasteiger partial charge in [0.15, 0.2) is 0 Å². The Labute approximate surface area is 224 Å². The molecule has 0 aliphatic carbocycles. The molecule has 0 bridgehead atoms. The minimum Gasteiger partial charge on any atom is -0.462 e. The predicted octanol–water partition coefficient (Wildman–Crippen LogP) is 5.79. The molecule has 198 valence electrons. The predicted molar refractivity (Wildman–Crippen MR) is 147 cm³/mol. The number of para-hydroxylation sites is 1. The summed E-state index contributed by atoms with van der Waals surface area (Å²) in [5.74, 6) is -1.60. The second-order valence-electron chi connectivity index (χ2n) is 8.63. The molecule has 3 heterocycles. The quantitative estimate of drug-likeness (QED) is 0.270. The van der Waals surface area contributed by atoms with Crippen molar-refractivity contribution in [2.45, 2.75) is 47.6 Å². The van der Waals surface area contributed by atoms with Crippen molar-refractivity contribution in [2.75, 3.05) is 18.5 Å². The molecular formula is C28H30N4O5S. The number of carbonyl (C=O) groups excluding carboxylic acids is 3. The topological polar surface area (TPSA) is 112 Å². The van der Waals surface area contributed by atoms with Gasteiger partial charge in [-0.3, -0.25) is 9.48 Å². The lowest BCUT2D eigenvalue weighted by Gasteiger charge is -2.11. The number of anilines is 1. The van der Waals surface area contributed by atoms with Gasteiger partial charge in [0.2, 0.25) is 0 Å². The summed E-state index contributed by atoms with van der Waals surface area (Å²) in [4.78, 5) is 44.3. The van der Waals surface area contributed by atoms with Crippen molar-refractivity contribution < 1.29 is 23.9 Å². The van der Waals surface area contributed by atoms with E-state index in [0.29, 0.717) is 40.7 Å². The number of benzene rings is 1. The summed E-state index contributed by atoms with van der Waals surface area (Å²) in [6, 6.07) is 9.09. The van der Waals surface area contributed by atoms with E-state index in [1.54, 1.807) is 19.9 Å². The lowest BCUT2D eigenvalue weighted by Crippen LogP contribution is -2.16. The van der Waals surface area contributed by atoms with Crippen LogP contribution in [0, 0.1) is 13.8 Å². The van der Waals surface area contributed by atoms with E-state index in [-0.39, 0.29) is 28.7 Å². The molecule has 0 radical (unpaired) electrons. The maximum Gasteiger partial charge on any atom is 0.348 e. The molecule has 0 aliphatic rings. The minimum atomic E-state index is -0.602. The van der Waals surface area contributed by atoms with Gasteiger partial charge in [0.1, 0.15) is 9.88 Å². The van der Waals surface area contributed by atoms with E-state index in [2.05, 4.69) is 10.4 Å². The monoisotopic (exact) mass is 534 g/mol. The highest BCUT2D eigenvalue weighted by molar-refractivity contribution is 7.18. The number of aromatic nitrogens is 3. The van der Waals surface area contributed by atoms with Crippen LogP contribution in [0.15, 0.2) is 36.5 Å². The largest absolute Gasteiger partial charge is 0.462 e. The number of pyridine rings is 1. The van der Waals surface area contributed by atoms with Crippen molar-refractivity contribution >= 4 is 45.1 Å². The standard InChI is InChI=1S/C28H30N4O5S/c1-6-13-37-27(34)23-16(4)24(28(35)36-8-3)38-26(23)30-25(33)19-14-22(20-15-32(7-2)31-17(20)5)29-21-12-10-9-11-18(19)21/h9-12,14-15H,6-8,13H2,1-5H3,(H,30,33). The van der Waals surface area contributed by atoms with Crippen LogP contribution < -0.4 is 5.32 Å². The molecule has 1 amide bonds. The molecule has 1 N–H and O–H groups in total. The normalized spacial score (nSPS) is 11.0. The van der Waals surface area contributed by atoms with Gasteiger partial charge in [-0.15, -0.1) is 11.3 Å². The number of amides is 1. The molecule has 0 fully saturated rings. The van der Waals surface area contributed by atoms with Crippen LogP contribution in [-0.4, -0.2) is 45.8 Å². The minimum absolute atomic E-state index is 0.151. The Morgan fingerprint density at radius 1 is 1.05 bits per heavy atom. The third-order valence-electron chi connectivity index (χ3n) is 5.98. The third kappa shape index (κ3) is 5.31. The highest BCUT2D eigenvalue weighted by atomic mass is 32.1. The van der Waals surface area contributed by atoms with Gasteiger partial charge in [0, 0.05) is 23.7 Å². The van der Waals surface area contributed by atoms with Gasteiger partial charge < -0.3 is 14.8 Å². The fourth-order valence-electron chi connectivity index (χ4n) is 4.11. The van der Waals surface area contributed by atoms with E-state index in [1.807, 2.05) is 55.9 Å². The molecule has 0 unspecified atom stereocenters. The van der Waals surface area contributed by atoms with Gasteiger partial charge in [-0.25, -0.2) is 14.6 Å². The number of carbonyl (C=O) groups is 3. The zero-order chi connectivity index (χ0) is 27.4. The molecule has 0 atom stereocenters. The summed E-state index contributed by atoms with van der Waals surface area (Å²) in [5.41, 5.74) is 3.83. The zero-order valence-electron chi connectivity index (χ0n) is 22.1. The Bertz CT molecular complexity index is 1520. The number of thiophene rings is 1. The summed E-state index contributed by atoms with van der Waals surface area (Å²) in [5, 5.41) is 8.26. The Hall–Kier alpha value is -4.05. The molecule has 9 nitrogen and oxygen atoms in total. The van der Waals surface area contributed by atoms with Gasteiger partial charge in [-0.05, 0) is 51.8 Å². The maximum absolute atomic E-state index is 13.7. The molecule has 10 heteroatoms. The average Bonchev–Trinajstić information content (AvgIpc) is 3.45. The van der Waals surface area contributed by atoms with Crippen molar-refractivity contribution in [3.8, 4) is 11.3 Å². The zero-order valence-corrected chi connectivity index (χ0v) is 22.9. The molecule has 38 heavy (non-hydrogen) atoms. The van der Waals surface area contributed by atoms with Crippen LogP contribution >= 0.6 is 11.3 Å². The molecular weight excluding hydrogens is 504 g/mol. The average molecular weight is 535 g/mol. The summed E-state index contributed by atoms with van der Waals surface area (Å²) < 4.78 is 12.3. The highest BCUT2D eigenvalue weighted by Gasteiger charge is 2.28. The van der Waals surface area contributed by atoms with Crippen LogP contribution in [0.1, 0.15) is 68.8 Å². The molecule has 1 aromatic carbocycles. The number of hydrogen-bond donors (Lipinski definition) is 1. The fraction of sp³-hybridized carbons (Fsp3) is 0.321. The number of fused-ring (bicyclic) bond motifs is 1. The van der Waals surface area contributed by atoms with Gasteiger partial charge in [-0.2, -0.15) is 5.10 Å². The molecule has 0 saturated heterocycles. The van der Waals surface area contributed by atoms with Crippen LogP contribution in [0.3, 0.4) is 0 Å². The smallest absolute Gasteiger partial charge is 0.348 e. The Balaban J connectivity index is 1.80. The van der Waals surface area contributed by atoms with Crippen molar-refractivity contribution in [3.05, 3.63) is 63.8 Å². The number of esters is 2. The van der Waals surface area contributed by atoms with Gasteiger partial charge in [0.25, 0.3) is 5.91 Å². The molecule has 0 spiro atoms. The Morgan fingerprint density at radius 2 is 1.82 bits per heavy atom. The first kappa shape index (κ1) is 27.0.